The third-order valence-corrected chi connectivity index (χ3v) is 5.70. The van der Waals surface area contributed by atoms with Gasteiger partial charge in [-0.05, 0) is 42.5 Å². The van der Waals surface area contributed by atoms with Gasteiger partial charge in [0.25, 0.3) is 0 Å². The minimum atomic E-state index is -0.929. The van der Waals surface area contributed by atoms with E-state index in [0.29, 0.717) is 35.7 Å². The van der Waals surface area contributed by atoms with Crippen molar-refractivity contribution < 1.29 is 28.8 Å². The third-order valence-electron chi connectivity index (χ3n) is 5.70. The van der Waals surface area contributed by atoms with Gasteiger partial charge in [-0.25, -0.2) is 0 Å². The van der Waals surface area contributed by atoms with Crippen LogP contribution in [0.1, 0.15) is 31.4 Å². The predicted molar refractivity (Wildman–Crippen MR) is 107 cm³/mol. The number of carbonyl (C=O) groups is 1. The van der Waals surface area contributed by atoms with Crippen molar-refractivity contribution in [2.24, 2.45) is 11.3 Å². The number of hydrogen-bond acceptors (Lipinski definition) is 6. The highest BCUT2D eigenvalue weighted by molar-refractivity contribution is 5.96. The van der Waals surface area contributed by atoms with E-state index in [1.165, 1.54) is 21.3 Å². The van der Waals surface area contributed by atoms with Crippen LogP contribution in [-0.2, 0) is 9.53 Å². The first-order valence-electron chi connectivity index (χ1n) is 9.22. The van der Waals surface area contributed by atoms with Gasteiger partial charge >= 0.3 is 0 Å². The molecule has 0 spiro atoms. The van der Waals surface area contributed by atoms with E-state index in [1.807, 2.05) is 6.92 Å². The molecule has 28 heavy (non-hydrogen) atoms. The summed E-state index contributed by atoms with van der Waals surface area (Å²) in [6, 6.07) is 3.42. The molecule has 6 nitrogen and oxygen atoms in total. The topological polar surface area (TPSA) is 74.2 Å². The molecular weight excluding hydrogens is 360 g/mol. The van der Waals surface area contributed by atoms with E-state index in [0.717, 1.165) is 0 Å². The molecule has 0 bridgehead atoms. The maximum absolute atomic E-state index is 12.9. The fourth-order valence-corrected chi connectivity index (χ4v) is 3.95. The van der Waals surface area contributed by atoms with Crippen molar-refractivity contribution in [2.75, 3.05) is 28.4 Å². The number of carbonyl (C=O) groups excluding carboxylic acids is 1. The smallest absolute Gasteiger partial charge is 0.203 e. The van der Waals surface area contributed by atoms with E-state index in [4.69, 9.17) is 18.9 Å². The van der Waals surface area contributed by atoms with Crippen molar-refractivity contribution >= 4 is 5.78 Å². The fraction of sp³-hybridized carbons (Fsp3) is 0.500. The molecule has 2 rings (SSSR count). The first-order valence-corrected chi connectivity index (χ1v) is 9.22. The summed E-state index contributed by atoms with van der Waals surface area (Å²) in [4.78, 5) is 12.9. The Labute approximate surface area is 166 Å². The largest absolute Gasteiger partial charge is 0.493 e. The zero-order valence-electron chi connectivity index (χ0n) is 17.2. The second kappa shape index (κ2) is 9.26. The molecular formula is C22H30O6. The van der Waals surface area contributed by atoms with Gasteiger partial charge in [-0.2, -0.15) is 0 Å². The molecule has 1 aliphatic rings. The average molecular weight is 390 g/mol. The molecule has 1 N–H and O–H groups in total. The van der Waals surface area contributed by atoms with E-state index in [1.54, 1.807) is 37.5 Å². The first kappa shape index (κ1) is 22.0. The molecule has 0 fully saturated rings. The van der Waals surface area contributed by atoms with Crippen LogP contribution in [0.15, 0.2) is 36.9 Å². The predicted octanol–water partition coefficient (Wildman–Crippen LogP) is 3.49. The molecule has 6 heteroatoms. The van der Waals surface area contributed by atoms with E-state index < -0.39 is 17.4 Å². The van der Waals surface area contributed by atoms with Crippen molar-refractivity contribution in [3.63, 3.8) is 0 Å². The summed E-state index contributed by atoms with van der Waals surface area (Å²) in [7, 11) is 6.18. The molecule has 0 aliphatic heterocycles. The third kappa shape index (κ3) is 3.93. The Hall–Kier alpha value is -2.31. The Morgan fingerprint density at radius 1 is 1.21 bits per heavy atom. The first-order chi connectivity index (χ1) is 13.4. The zero-order valence-corrected chi connectivity index (χ0v) is 17.2. The molecule has 4 atom stereocenters. The van der Waals surface area contributed by atoms with Gasteiger partial charge in [0.05, 0.1) is 33.5 Å². The Balaban J connectivity index is 2.49. The van der Waals surface area contributed by atoms with Crippen LogP contribution in [-0.4, -0.2) is 45.4 Å². The number of ketones is 1. The highest BCUT2D eigenvalue weighted by Gasteiger charge is 2.47. The Morgan fingerprint density at radius 2 is 1.82 bits per heavy atom. The molecule has 0 saturated heterocycles. The van der Waals surface area contributed by atoms with Gasteiger partial charge in [0.1, 0.15) is 0 Å². The van der Waals surface area contributed by atoms with Crippen molar-refractivity contribution in [1.29, 1.82) is 0 Å². The molecule has 4 unspecified atom stereocenters. The van der Waals surface area contributed by atoms with E-state index in [2.05, 4.69) is 6.58 Å². The van der Waals surface area contributed by atoms with Gasteiger partial charge in [-0.3, -0.25) is 4.79 Å². The second-order valence-electron chi connectivity index (χ2n) is 7.04. The summed E-state index contributed by atoms with van der Waals surface area (Å²) in [6.45, 7) is 5.70. The number of benzene rings is 1. The van der Waals surface area contributed by atoms with Crippen LogP contribution in [0.3, 0.4) is 0 Å². The monoisotopic (exact) mass is 390 g/mol. The maximum atomic E-state index is 12.9. The number of rotatable bonds is 9. The second-order valence-corrected chi connectivity index (χ2v) is 7.04. The number of hydrogen-bond donors (Lipinski definition) is 1. The van der Waals surface area contributed by atoms with E-state index in [-0.39, 0.29) is 11.9 Å². The van der Waals surface area contributed by atoms with Crippen LogP contribution in [0.4, 0.5) is 0 Å². The van der Waals surface area contributed by atoms with Gasteiger partial charge in [-0.1, -0.05) is 19.1 Å². The van der Waals surface area contributed by atoms with Gasteiger partial charge < -0.3 is 24.1 Å². The minimum Gasteiger partial charge on any atom is -0.493 e. The Morgan fingerprint density at radius 3 is 2.29 bits per heavy atom. The van der Waals surface area contributed by atoms with E-state index >= 15 is 0 Å². The van der Waals surface area contributed by atoms with Crippen LogP contribution in [0.5, 0.6) is 17.2 Å². The summed E-state index contributed by atoms with van der Waals surface area (Å²) in [5, 5.41) is 11.2. The standard InChI is InChI=1S/C22H30O6/c1-7-10-22(13-16(25-3)8-9-19(22)23)14(2)20(24)15-11-17(26-4)21(28-6)18(12-15)27-5/h7-9,11-12,14,16,20,24H,1,10,13H2,2-6H3. The van der Waals surface area contributed by atoms with Crippen molar-refractivity contribution in [3.05, 3.63) is 42.5 Å². The van der Waals surface area contributed by atoms with Gasteiger partial charge in [-0.15, -0.1) is 6.58 Å². The Bertz CT molecular complexity index is 716. The lowest BCUT2D eigenvalue weighted by Gasteiger charge is -2.42. The Kier molecular flexibility index (Phi) is 7.27. The molecule has 1 aromatic rings. The summed E-state index contributed by atoms with van der Waals surface area (Å²) < 4.78 is 21.6. The number of allylic oxidation sites excluding steroid dienone is 2. The molecule has 0 radical (unpaired) electrons. The molecule has 154 valence electrons. The molecule has 1 aromatic carbocycles. The summed E-state index contributed by atoms with van der Waals surface area (Å²) >= 11 is 0. The van der Waals surface area contributed by atoms with Crippen LogP contribution in [0.25, 0.3) is 0 Å². The zero-order chi connectivity index (χ0) is 20.9. The SMILES string of the molecule is C=CCC1(C(C)C(O)c2cc(OC)c(OC)c(OC)c2)CC(OC)C=CC1=O. The minimum absolute atomic E-state index is 0.0281. The lowest BCUT2D eigenvalue weighted by atomic mass is 9.62. The number of aliphatic hydroxyl groups is 1. The lowest BCUT2D eigenvalue weighted by Crippen LogP contribution is -2.44. The van der Waals surface area contributed by atoms with Gasteiger partial charge in [0, 0.05) is 12.5 Å². The van der Waals surface area contributed by atoms with Gasteiger partial charge in [0.15, 0.2) is 17.3 Å². The van der Waals surface area contributed by atoms with Crippen molar-refractivity contribution in [1.82, 2.24) is 0 Å². The fourth-order valence-electron chi connectivity index (χ4n) is 3.95. The summed E-state index contributed by atoms with van der Waals surface area (Å²) in [5.74, 6) is 0.921. The normalized spacial score (nSPS) is 23.8. The maximum Gasteiger partial charge on any atom is 0.203 e. The summed E-state index contributed by atoms with van der Waals surface area (Å²) in [5.41, 5.74) is -0.224. The van der Waals surface area contributed by atoms with Crippen LogP contribution in [0.2, 0.25) is 0 Å². The van der Waals surface area contributed by atoms with Crippen LogP contribution in [0, 0.1) is 11.3 Å². The summed E-state index contributed by atoms with van der Waals surface area (Å²) in [6.07, 6.45) is 4.85. The van der Waals surface area contributed by atoms with Crippen LogP contribution >= 0.6 is 0 Å². The quantitative estimate of drug-likeness (QED) is 0.651. The molecule has 1 aliphatic carbocycles. The highest BCUT2D eigenvalue weighted by Crippen LogP contribution is 2.48. The molecule has 0 saturated carbocycles. The van der Waals surface area contributed by atoms with Crippen molar-refractivity contribution in [2.45, 2.75) is 32.0 Å². The number of aliphatic hydroxyl groups excluding tert-OH is 1. The lowest BCUT2D eigenvalue weighted by molar-refractivity contribution is -0.133. The number of ether oxygens (including phenoxy) is 4. The average Bonchev–Trinajstić information content (AvgIpc) is 2.73. The number of methoxy groups -OCH3 is 4. The molecule has 0 heterocycles. The molecule has 0 aromatic heterocycles. The highest BCUT2D eigenvalue weighted by atomic mass is 16.5. The van der Waals surface area contributed by atoms with Crippen LogP contribution < -0.4 is 14.2 Å². The van der Waals surface area contributed by atoms with Crippen molar-refractivity contribution in [3.8, 4) is 17.2 Å². The van der Waals surface area contributed by atoms with Gasteiger partial charge in [0.2, 0.25) is 5.75 Å². The molecule has 0 amide bonds. The van der Waals surface area contributed by atoms with E-state index in [9.17, 15) is 9.90 Å².